The number of hydrogen-bond acceptors (Lipinski definition) is 3. The van der Waals surface area contributed by atoms with Gasteiger partial charge in [-0.2, -0.15) is 5.10 Å². The Bertz CT molecular complexity index is 720. The van der Waals surface area contributed by atoms with Gasteiger partial charge < -0.3 is 4.90 Å². The molecule has 1 aromatic heterocycles. The molecule has 1 aliphatic heterocycles. The van der Waals surface area contributed by atoms with Crippen LogP contribution in [0.4, 0.5) is 8.78 Å². The van der Waals surface area contributed by atoms with E-state index in [4.69, 9.17) is 0 Å². The Morgan fingerprint density at radius 3 is 2.92 bits per heavy atom. The predicted octanol–water partition coefficient (Wildman–Crippen LogP) is 2.28. The van der Waals surface area contributed by atoms with E-state index in [0.717, 1.165) is 18.9 Å². The third-order valence-corrected chi connectivity index (χ3v) is 4.65. The van der Waals surface area contributed by atoms with Crippen LogP contribution < -0.4 is 0 Å². The lowest BCUT2D eigenvalue weighted by Gasteiger charge is -2.37. The van der Waals surface area contributed by atoms with Crippen LogP contribution in [0.15, 0.2) is 36.7 Å². The normalized spacial score (nSPS) is 18.2. The van der Waals surface area contributed by atoms with Crippen molar-refractivity contribution in [1.82, 2.24) is 19.6 Å². The number of amides is 1. The summed E-state index contributed by atoms with van der Waals surface area (Å²) in [6, 6.07) is 5.14. The highest BCUT2D eigenvalue weighted by Crippen LogP contribution is 2.20. The maximum absolute atomic E-state index is 13.9. The first-order chi connectivity index (χ1) is 12.0. The molecule has 1 saturated heterocycles. The molecule has 5 nitrogen and oxygen atoms in total. The maximum atomic E-state index is 13.9. The molecule has 25 heavy (non-hydrogen) atoms. The van der Waals surface area contributed by atoms with Crippen LogP contribution >= 0.6 is 0 Å². The Hall–Kier alpha value is -2.28. The summed E-state index contributed by atoms with van der Waals surface area (Å²) in [6.07, 6.45) is 5.27. The quantitative estimate of drug-likeness (QED) is 0.804. The second-order valence-electron chi connectivity index (χ2n) is 6.40. The SMILES string of the molecule is CN(CCn1cccn1)[C@@H]1CCCN(Cc2ccc(F)cc2F)C1=O. The summed E-state index contributed by atoms with van der Waals surface area (Å²) in [6.45, 7) is 2.18. The molecule has 1 amide bonds. The maximum Gasteiger partial charge on any atom is 0.240 e. The summed E-state index contributed by atoms with van der Waals surface area (Å²) < 4.78 is 28.7. The first kappa shape index (κ1) is 17.5. The number of benzene rings is 1. The monoisotopic (exact) mass is 348 g/mol. The smallest absolute Gasteiger partial charge is 0.240 e. The third-order valence-electron chi connectivity index (χ3n) is 4.65. The molecule has 3 rings (SSSR count). The van der Waals surface area contributed by atoms with Gasteiger partial charge >= 0.3 is 0 Å². The fraction of sp³-hybridized carbons (Fsp3) is 0.444. The largest absolute Gasteiger partial charge is 0.337 e. The average molecular weight is 348 g/mol. The van der Waals surface area contributed by atoms with Crippen molar-refractivity contribution >= 4 is 5.91 Å². The molecule has 1 aromatic carbocycles. The Balaban J connectivity index is 1.61. The zero-order valence-corrected chi connectivity index (χ0v) is 14.2. The van der Waals surface area contributed by atoms with Crippen molar-refractivity contribution in [2.75, 3.05) is 20.1 Å². The topological polar surface area (TPSA) is 41.4 Å². The zero-order valence-electron chi connectivity index (χ0n) is 14.2. The van der Waals surface area contributed by atoms with Gasteiger partial charge in [0.15, 0.2) is 0 Å². The van der Waals surface area contributed by atoms with Crippen LogP contribution in [-0.4, -0.2) is 51.7 Å². The number of likely N-dealkylation sites (tertiary alicyclic amines) is 1. The highest BCUT2D eigenvalue weighted by atomic mass is 19.1. The van der Waals surface area contributed by atoms with Crippen molar-refractivity contribution in [3.05, 3.63) is 53.9 Å². The molecular weight excluding hydrogens is 326 g/mol. The fourth-order valence-electron chi connectivity index (χ4n) is 3.19. The summed E-state index contributed by atoms with van der Waals surface area (Å²) >= 11 is 0. The second kappa shape index (κ2) is 7.74. The van der Waals surface area contributed by atoms with Crippen molar-refractivity contribution in [3.8, 4) is 0 Å². The molecule has 0 saturated carbocycles. The lowest BCUT2D eigenvalue weighted by Crippen LogP contribution is -2.51. The van der Waals surface area contributed by atoms with Crippen LogP contribution in [0.5, 0.6) is 0 Å². The average Bonchev–Trinajstić information content (AvgIpc) is 3.10. The molecule has 2 aromatic rings. The minimum atomic E-state index is -0.609. The Morgan fingerprint density at radius 2 is 2.20 bits per heavy atom. The molecule has 134 valence electrons. The first-order valence-corrected chi connectivity index (χ1v) is 8.45. The molecular formula is C18H22F2N4O. The number of aromatic nitrogens is 2. The van der Waals surface area contributed by atoms with Crippen LogP contribution in [-0.2, 0) is 17.9 Å². The van der Waals surface area contributed by atoms with Crippen LogP contribution in [0.3, 0.4) is 0 Å². The van der Waals surface area contributed by atoms with E-state index in [2.05, 4.69) is 5.10 Å². The molecule has 0 radical (unpaired) electrons. The van der Waals surface area contributed by atoms with E-state index < -0.39 is 11.6 Å². The fourth-order valence-corrected chi connectivity index (χ4v) is 3.19. The number of halogens is 2. The molecule has 0 bridgehead atoms. The van der Waals surface area contributed by atoms with Crippen molar-refractivity contribution in [2.45, 2.75) is 32.0 Å². The number of carbonyl (C=O) groups excluding carboxylic acids is 1. The molecule has 0 unspecified atom stereocenters. The summed E-state index contributed by atoms with van der Waals surface area (Å²) in [5.41, 5.74) is 0.342. The van der Waals surface area contributed by atoms with E-state index in [0.29, 0.717) is 25.2 Å². The van der Waals surface area contributed by atoms with Crippen LogP contribution in [0.1, 0.15) is 18.4 Å². The standard InChI is InChI=1S/C18H22F2N4O/c1-22(10-11-24-9-3-7-21-24)17-4-2-8-23(18(17)25)13-14-5-6-15(19)12-16(14)20/h3,5-7,9,12,17H,2,4,8,10-11,13H2,1H3/t17-/m1/s1. The van der Waals surface area contributed by atoms with Crippen LogP contribution in [0.2, 0.25) is 0 Å². The van der Waals surface area contributed by atoms with Crippen molar-refractivity contribution < 1.29 is 13.6 Å². The van der Waals surface area contributed by atoms with Gasteiger partial charge in [0.25, 0.3) is 0 Å². The van der Waals surface area contributed by atoms with Gasteiger partial charge in [-0.15, -0.1) is 0 Å². The second-order valence-corrected chi connectivity index (χ2v) is 6.40. The van der Waals surface area contributed by atoms with Crippen molar-refractivity contribution in [2.24, 2.45) is 0 Å². The first-order valence-electron chi connectivity index (χ1n) is 8.45. The summed E-state index contributed by atoms with van der Waals surface area (Å²) in [5.74, 6) is -1.22. The third kappa shape index (κ3) is 4.22. The van der Waals surface area contributed by atoms with Crippen LogP contribution in [0, 0.1) is 11.6 Å². The van der Waals surface area contributed by atoms with Crippen molar-refractivity contribution in [1.29, 1.82) is 0 Å². The number of rotatable bonds is 6. The van der Waals surface area contributed by atoms with E-state index >= 15 is 0 Å². The lowest BCUT2D eigenvalue weighted by atomic mass is 10.0. The molecule has 1 aliphatic rings. The Kier molecular flexibility index (Phi) is 5.43. The van der Waals surface area contributed by atoms with Crippen LogP contribution in [0.25, 0.3) is 0 Å². The van der Waals surface area contributed by atoms with Gasteiger partial charge in [0, 0.05) is 43.7 Å². The summed E-state index contributed by atoms with van der Waals surface area (Å²) in [5, 5.41) is 4.16. The minimum absolute atomic E-state index is 0.00191. The molecule has 1 fully saturated rings. The molecule has 0 N–H and O–H groups in total. The highest BCUT2D eigenvalue weighted by Gasteiger charge is 2.31. The van der Waals surface area contributed by atoms with Gasteiger partial charge in [0.1, 0.15) is 11.6 Å². The van der Waals surface area contributed by atoms with E-state index in [9.17, 15) is 13.6 Å². The van der Waals surface area contributed by atoms with Gasteiger partial charge in [0.05, 0.1) is 12.6 Å². The molecule has 0 aliphatic carbocycles. The van der Waals surface area contributed by atoms with Gasteiger partial charge in [0.2, 0.25) is 5.91 Å². The van der Waals surface area contributed by atoms with Gasteiger partial charge in [-0.3, -0.25) is 14.4 Å². The van der Waals surface area contributed by atoms with Gasteiger partial charge in [-0.05, 0) is 32.0 Å². The zero-order chi connectivity index (χ0) is 17.8. The highest BCUT2D eigenvalue weighted by molar-refractivity contribution is 5.82. The Labute approximate surface area is 145 Å². The summed E-state index contributed by atoms with van der Waals surface area (Å²) in [4.78, 5) is 16.5. The number of nitrogens with zero attached hydrogens (tertiary/aromatic N) is 4. The van der Waals surface area contributed by atoms with Gasteiger partial charge in [-0.1, -0.05) is 6.07 Å². The minimum Gasteiger partial charge on any atom is -0.337 e. The number of piperidine rings is 1. The number of carbonyl (C=O) groups is 1. The lowest BCUT2D eigenvalue weighted by molar-refractivity contribution is -0.140. The molecule has 0 spiro atoms. The number of hydrogen-bond donors (Lipinski definition) is 0. The van der Waals surface area contributed by atoms with E-state index in [1.807, 2.05) is 28.9 Å². The van der Waals surface area contributed by atoms with Gasteiger partial charge in [-0.25, -0.2) is 8.78 Å². The summed E-state index contributed by atoms with van der Waals surface area (Å²) in [7, 11) is 1.92. The Morgan fingerprint density at radius 1 is 1.36 bits per heavy atom. The van der Waals surface area contributed by atoms with E-state index in [-0.39, 0.29) is 18.5 Å². The molecule has 1 atom stereocenters. The number of likely N-dealkylation sites (N-methyl/N-ethyl adjacent to an activating group) is 1. The van der Waals surface area contributed by atoms with Crippen molar-refractivity contribution in [3.63, 3.8) is 0 Å². The molecule has 7 heteroatoms. The predicted molar refractivity (Wildman–Crippen MR) is 89.7 cm³/mol. The van der Waals surface area contributed by atoms with E-state index in [1.54, 1.807) is 11.1 Å². The molecule has 2 heterocycles. The van der Waals surface area contributed by atoms with E-state index in [1.165, 1.54) is 12.1 Å².